The summed E-state index contributed by atoms with van der Waals surface area (Å²) in [5, 5.41) is 15.1. The summed E-state index contributed by atoms with van der Waals surface area (Å²) in [5.74, 6) is -0.532. The number of anilines is 1. The zero-order valence-corrected chi connectivity index (χ0v) is 29.6. The van der Waals surface area contributed by atoms with E-state index in [0.29, 0.717) is 25.1 Å². The Bertz CT molecular complexity index is 2040. The molecule has 12 heteroatoms. The smallest absolute Gasteiger partial charge is 0.328 e. The van der Waals surface area contributed by atoms with Crippen LogP contribution in [0.2, 0.25) is 0 Å². The number of aliphatic hydroxyl groups excluding tert-OH is 1. The Morgan fingerprint density at radius 2 is 1.58 bits per heavy atom. The van der Waals surface area contributed by atoms with E-state index in [1.807, 2.05) is 95.6 Å². The van der Waals surface area contributed by atoms with E-state index in [-0.39, 0.29) is 30.5 Å². The van der Waals surface area contributed by atoms with E-state index in [4.69, 9.17) is 14.2 Å². The lowest BCUT2D eigenvalue weighted by atomic mass is 9.98. The first-order valence-corrected chi connectivity index (χ1v) is 18.1. The predicted octanol–water partition coefficient (Wildman–Crippen LogP) is 5.61. The van der Waals surface area contributed by atoms with E-state index in [0.717, 1.165) is 59.2 Å². The number of likely N-dealkylation sites (tertiary alicyclic amines) is 1. The Morgan fingerprint density at radius 1 is 0.887 bits per heavy atom. The largest absolute Gasteiger partial charge is 0.467 e. The number of nitrogens with one attached hydrogen (secondary N) is 3. The maximum Gasteiger partial charge on any atom is 0.328 e. The van der Waals surface area contributed by atoms with E-state index in [1.165, 1.54) is 7.11 Å². The van der Waals surface area contributed by atoms with E-state index in [2.05, 4.69) is 20.5 Å². The van der Waals surface area contributed by atoms with Crippen molar-refractivity contribution < 1.29 is 28.9 Å². The van der Waals surface area contributed by atoms with Crippen LogP contribution in [-0.4, -0.2) is 70.4 Å². The van der Waals surface area contributed by atoms with Gasteiger partial charge in [-0.3, -0.25) is 4.57 Å². The molecule has 5 aromatic rings. The molecule has 276 valence electrons. The van der Waals surface area contributed by atoms with Crippen LogP contribution in [0.1, 0.15) is 60.0 Å². The van der Waals surface area contributed by atoms with E-state index in [9.17, 15) is 19.5 Å². The first-order valence-electron chi connectivity index (χ1n) is 18.1. The summed E-state index contributed by atoms with van der Waals surface area (Å²) in [6, 6.07) is 31.1. The number of nitrogens with zero attached hydrogens (tertiary/aromatic N) is 2. The Morgan fingerprint density at radius 3 is 2.30 bits per heavy atom. The van der Waals surface area contributed by atoms with Gasteiger partial charge in [0.15, 0.2) is 6.29 Å². The van der Waals surface area contributed by atoms with Crippen LogP contribution in [0, 0.1) is 0 Å². The molecule has 53 heavy (non-hydrogen) atoms. The zero-order chi connectivity index (χ0) is 36.7. The highest BCUT2D eigenvalue weighted by molar-refractivity contribution is 5.92. The van der Waals surface area contributed by atoms with Gasteiger partial charge in [0.05, 0.1) is 37.0 Å². The molecule has 2 amide bonds. The highest BCUT2D eigenvalue weighted by atomic mass is 16.7. The summed E-state index contributed by atoms with van der Waals surface area (Å²) >= 11 is 0. The van der Waals surface area contributed by atoms with Crippen LogP contribution in [0.4, 0.5) is 10.5 Å². The van der Waals surface area contributed by atoms with Gasteiger partial charge in [0.1, 0.15) is 6.04 Å². The minimum atomic E-state index is -0.853. The second-order valence-electron chi connectivity index (χ2n) is 13.7. The van der Waals surface area contributed by atoms with Crippen molar-refractivity contribution in [2.45, 2.75) is 62.9 Å². The molecular weight excluding hydrogens is 674 g/mol. The Labute approximate surface area is 307 Å². The molecule has 0 radical (unpaired) electrons. The minimum Gasteiger partial charge on any atom is -0.467 e. The van der Waals surface area contributed by atoms with Crippen molar-refractivity contribution in [1.29, 1.82) is 0 Å². The van der Waals surface area contributed by atoms with Crippen molar-refractivity contribution in [2.24, 2.45) is 0 Å². The number of benzene rings is 4. The number of urea groups is 1. The zero-order valence-electron chi connectivity index (χ0n) is 29.6. The number of aromatic nitrogens is 2. The third kappa shape index (κ3) is 8.69. The number of imidazole rings is 1. The van der Waals surface area contributed by atoms with Gasteiger partial charge in [0, 0.05) is 49.8 Å². The molecule has 2 aliphatic rings. The molecule has 4 N–H and O–H groups in total. The Hall–Kier alpha value is -5.27. The number of piperidine rings is 1. The number of hydrogen-bond donors (Lipinski definition) is 4. The average Bonchev–Trinajstić information content (AvgIpc) is 3.53. The van der Waals surface area contributed by atoms with Crippen LogP contribution in [0.25, 0.3) is 11.0 Å². The third-order valence-electron chi connectivity index (χ3n) is 10.1. The monoisotopic (exact) mass is 719 g/mol. The molecule has 4 atom stereocenters. The van der Waals surface area contributed by atoms with Crippen molar-refractivity contribution in [1.82, 2.24) is 19.8 Å². The number of fused-ring (bicyclic) bond motifs is 1. The highest BCUT2D eigenvalue weighted by Gasteiger charge is 2.34. The quantitative estimate of drug-likeness (QED) is 0.129. The van der Waals surface area contributed by atoms with Gasteiger partial charge in [-0.2, -0.15) is 0 Å². The van der Waals surface area contributed by atoms with Crippen molar-refractivity contribution in [3.05, 3.63) is 136 Å². The molecule has 3 heterocycles. The minimum absolute atomic E-state index is 0.0322. The number of ether oxygens (including phenoxy) is 3. The van der Waals surface area contributed by atoms with Gasteiger partial charge in [0.25, 0.3) is 0 Å². The van der Waals surface area contributed by atoms with Crippen molar-refractivity contribution in [3.8, 4) is 0 Å². The molecule has 2 fully saturated rings. The van der Waals surface area contributed by atoms with Crippen LogP contribution >= 0.6 is 0 Å². The van der Waals surface area contributed by atoms with Crippen LogP contribution < -0.4 is 16.3 Å². The molecule has 0 bridgehead atoms. The lowest BCUT2D eigenvalue weighted by Gasteiger charge is -2.40. The molecule has 7 rings (SSSR count). The van der Waals surface area contributed by atoms with Crippen LogP contribution in [-0.2, 0) is 32.0 Å². The number of para-hydroxylation sites is 2. The maximum absolute atomic E-state index is 12.9. The number of esters is 1. The third-order valence-corrected chi connectivity index (χ3v) is 10.1. The van der Waals surface area contributed by atoms with E-state index in [1.54, 1.807) is 12.1 Å². The number of aromatic amines is 1. The molecule has 2 saturated heterocycles. The van der Waals surface area contributed by atoms with Gasteiger partial charge in [0.2, 0.25) is 0 Å². The number of methoxy groups -OCH3 is 1. The summed E-state index contributed by atoms with van der Waals surface area (Å²) in [6.45, 7) is 2.35. The Kier molecular flexibility index (Phi) is 11.3. The maximum atomic E-state index is 12.9. The first kappa shape index (κ1) is 36.1. The molecule has 0 aliphatic carbocycles. The molecule has 4 unspecified atom stereocenters. The van der Waals surface area contributed by atoms with Gasteiger partial charge in [-0.25, -0.2) is 14.4 Å². The highest BCUT2D eigenvalue weighted by Crippen LogP contribution is 2.39. The van der Waals surface area contributed by atoms with Gasteiger partial charge < -0.3 is 39.8 Å². The van der Waals surface area contributed by atoms with Crippen molar-refractivity contribution in [3.63, 3.8) is 0 Å². The van der Waals surface area contributed by atoms with Crippen LogP contribution in [0.15, 0.2) is 108 Å². The van der Waals surface area contributed by atoms with Crippen molar-refractivity contribution >= 4 is 28.7 Å². The van der Waals surface area contributed by atoms with Gasteiger partial charge in [-0.05, 0) is 53.8 Å². The fraction of sp³-hybridized carbons (Fsp3) is 0.341. The summed E-state index contributed by atoms with van der Waals surface area (Å²) in [5.41, 5.74) is 5.80. The van der Waals surface area contributed by atoms with Gasteiger partial charge in [-0.1, -0.05) is 78.9 Å². The second kappa shape index (κ2) is 16.6. The predicted molar refractivity (Wildman–Crippen MR) is 200 cm³/mol. The topological polar surface area (TPSA) is 147 Å². The summed E-state index contributed by atoms with van der Waals surface area (Å²) in [4.78, 5) is 43.6. The number of carbonyl (C=O) groups excluding carboxylic acids is 2. The van der Waals surface area contributed by atoms with Gasteiger partial charge >= 0.3 is 17.7 Å². The molecule has 0 saturated carbocycles. The second-order valence-corrected chi connectivity index (χ2v) is 13.7. The first-order chi connectivity index (χ1) is 25.9. The Balaban J connectivity index is 1.01. The fourth-order valence-corrected chi connectivity index (χ4v) is 7.35. The average molecular weight is 720 g/mol. The molecule has 1 aromatic heterocycles. The molecule has 0 spiro atoms. The summed E-state index contributed by atoms with van der Waals surface area (Å²) in [7, 11) is 1.30. The molecule has 2 aliphatic heterocycles. The van der Waals surface area contributed by atoms with Gasteiger partial charge in [-0.15, -0.1) is 0 Å². The molecule has 4 aromatic carbocycles. The lowest BCUT2D eigenvalue weighted by molar-refractivity contribution is -0.253. The number of rotatable bonds is 11. The SMILES string of the molecule is COC(=O)C(Cc1ccccc1)NC(=O)Nc1ccc(C2OC(CN3CCC(n4c(=O)[nH]c5ccccc54)CC3)CC(c3ccc(CO)cc3)O2)cc1. The summed E-state index contributed by atoms with van der Waals surface area (Å²) < 4.78 is 20.0. The number of aliphatic hydroxyl groups is 1. The summed E-state index contributed by atoms with van der Waals surface area (Å²) in [6.07, 6.45) is 1.63. The lowest BCUT2D eigenvalue weighted by Crippen LogP contribution is -2.45. The standard InChI is InChI=1S/C41H45N5O7/c1-51-38(48)35(23-27-7-3-2-4-8-27)43-40(49)42-31-17-15-30(16-18-31)39-52-33(24-37(53-39)29-13-11-28(26-47)12-14-29)25-45-21-19-32(20-22-45)46-36-10-6-5-9-34(36)44-41(46)50/h2-18,32-33,35,37,39,47H,19-26H2,1H3,(H,44,50)(H2,42,43,49). The van der Waals surface area contributed by atoms with Crippen LogP contribution in [0.3, 0.4) is 0 Å². The van der Waals surface area contributed by atoms with E-state index >= 15 is 0 Å². The number of H-pyrrole nitrogens is 1. The molecular formula is C41H45N5O7. The number of carbonyl (C=O) groups is 2. The van der Waals surface area contributed by atoms with E-state index < -0.39 is 24.3 Å². The number of hydrogen-bond acceptors (Lipinski definition) is 8. The van der Waals surface area contributed by atoms with Crippen molar-refractivity contribution in [2.75, 3.05) is 32.1 Å². The van der Waals surface area contributed by atoms with Crippen LogP contribution in [0.5, 0.6) is 0 Å². The number of amides is 2. The fourth-order valence-electron chi connectivity index (χ4n) is 7.35. The molecule has 12 nitrogen and oxygen atoms in total. The normalized spacial score (nSPS) is 20.2.